The van der Waals surface area contributed by atoms with Crippen LogP contribution in [0.1, 0.15) is 84.0 Å². The standard InChI is InChI=1S/C26H46O5.C4H6O2/c1-4-5-6-7-21-8-10-22(11-9-21)12-13-23-14-15-25(30-17-23)24(18-29-3)19-31-26(28)20(2)16-27;1-4(2-5)3-6/h21-25,27H,2,4-19H2,1,3H3;2,6H,1,3H2. The molecule has 2 fully saturated rings. The van der Waals surface area contributed by atoms with Gasteiger partial charge in [-0.15, -0.1) is 0 Å². The Morgan fingerprint density at radius 2 is 1.57 bits per heavy atom. The van der Waals surface area contributed by atoms with Crippen molar-refractivity contribution in [2.45, 2.75) is 90.1 Å². The van der Waals surface area contributed by atoms with Crippen molar-refractivity contribution in [1.29, 1.82) is 0 Å². The predicted molar refractivity (Wildman–Crippen MR) is 146 cm³/mol. The minimum absolute atomic E-state index is 0.0179. The molecule has 3 unspecified atom stereocenters. The Balaban J connectivity index is 0.00000102. The second-order valence-electron chi connectivity index (χ2n) is 10.8. The van der Waals surface area contributed by atoms with Gasteiger partial charge in [-0.2, -0.15) is 0 Å². The average molecular weight is 525 g/mol. The lowest BCUT2D eigenvalue weighted by Crippen LogP contribution is -2.37. The molecule has 1 saturated carbocycles. The van der Waals surface area contributed by atoms with Gasteiger partial charge in [-0.1, -0.05) is 77.9 Å². The summed E-state index contributed by atoms with van der Waals surface area (Å²) in [5.41, 5.74) is 0.297. The molecular formula is C30H52O7. The summed E-state index contributed by atoms with van der Waals surface area (Å²) in [4.78, 5) is 21.3. The van der Waals surface area contributed by atoms with Crippen LogP contribution in [0.2, 0.25) is 0 Å². The summed E-state index contributed by atoms with van der Waals surface area (Å²) in [6.45, 7) is 9.90. The second kappa shape index (κ2) is 20.4. The van der Waals surface area contributed by atoms with E-state index in [2.05, 4.69) is 20.1 Å². The first-order valence-corrected chi connectivity index (χ1v) is 14.2. The van der Waals surface area contributed by atoms with Crippen molar-refractivity contribution in [2.75, 3.05) is 40.1 Å². The van der Waals surface area contributed by atoms with Crippen molar-refractivity contribution < 1.29 is 34.0 Å². The van der Waals surface area contributed by atoms with Crippen LogP contribution in [-0.4, -0.2) is 68.7 Å². The van der Waals surface area contributed by atoms with Gasteiger partial charge < -0.3 is 24.4 Å². The molecule has 37 heavy (non-hydrogen) atoms. The first-order valence-electron chi connectivity index (χ1n) is 14.2. The van der Waals surface area contributed by atoms with Crippen molar-refractivity contribution in [1.82, 2.24) is 0 Å². The molecule has 2 rings (SSSR count). The molecule has 1 heterocycles. The highest BCUT2D eigenvalue weighted by molar-refractivity contribution is 5.87. The fourth-order valence-electron chi connectivity index (χ4n) is 5.25. The molecule has 1 saturated heterocycles. The molecule has 0 radical (unpaired) electrons. The van der Waals surface area contributed by atoms with E-state index >= 15 is 0 Å². The number of aldehydes is 1. The zero-order chi connectivity index (χ0) is 27.5. The van der Waals surface area contributed by atoms with Crippen LogP contribution in [0.15, 0.2) is 24.3 Å². The fourth-order valence-corrected chi connectivity index (χ4v) is 5.25. The van der Waals surface area contributed by atoms with Crippen molar-refractivity contribution in [3.05, 3.63) is 24.3 Å². The molecule has 3 atom stereocenters. The van der Waals surface area contributed by atoms with Crippen LogP contribution in [0.25, 0.3) is 0 Å². The van der Waals surface area contributed by atoms with Gasteiger partial charge in [0, 0.05) is 25.2 Å². The number of carbonyl (C=O) groups is 2. The van der Waals surface area contributed by atoms with Crippen LogP contribution in [0.5, 0.6) is 0 Å². The third kappa shape index (κ3) is 14.3. The molecule has 0 aromatic heterocycles. The van der Waals surface area contributed by atoms with E-state index in [1.54, 1.807) is 7.11 Å². The molecule has 0 aromatic carbocycles. The Morgan fingerprint density at radius 3 is 2.05 bits per heavy atom. The molecule has 1 aliphatic heterocycles. The lowest BCUT2D eigenvalue weighted by molar-refractivity contribution is -0.145. The normalized spacial score (nSPS) is 24.3. The Bertz CT molecular complexity index is 646. The molecule has 1 aliphatic carbocycles. The number of aliphatic hydroxyl groups is 2. The maximum absolute atomic E-state index is 11.8. The topological polar surface area (TPSA) is 102 Å². The summed E-state index contributed by atoms with van der Waals surface area (Å²) in [6, 6.07) is 0. The van der Waals surface area contributed by atoms with Gasteiger partial charge in [-0.05, 0) is 37.0 Å². The monoisotopic (exact) mass is 524 g/mol. The lowest BCUT2D eigenvalue weighted by atomic mass is 9.77. The predicted octanol–water partition coefficient (Wildman–Crippen LogP) is 5.04. The van der Waals surface area contributed by atoms with Crippen LogP contribution in [0.4, 0.5) is 0 Å². The Hall–Kier alpha value is -1.54. The third-order valence-electron chi connectivity index (χ3n) is 7.76. The van der Waals surface area contributed by atoms with Gasteiger partial charge in [-0.25, -0.2) is 4.79 Å². The SMILES string of the molecule is C=C(C=O)CO.C=C(CO)C(=O)OCC(COC)C1CCC(CCC2CCC(CCCCC)CC2)CO1. The summed E-state index contributed by atoms with van der Waals surface area (Å²) in [5, 5.41) is 17.0. The Morgan fingerprint density at radius 1 is 0.946 bits per heavy atom. The molecule has 0 amide bonds. The van der Waals surface area contributed by atoms with Gasteiger partial charge >= 0.3 is 5.97 Å². The first-order chi connectivity index (χ1) is 17.9. The summed E-state index contributed by atoms with van der Waals surface area (Å²) in [6.07, 6.45) is 16.7. The van der Waals surface area contributed by atoms with E-state index in [-0.39, 0.29) is 43.0 Å². The number of hydrogen-bond acceptors (Lipinski definition) is 7. The minimum atomic E-state index is -0.544. The van der Waals surface area contributed by atoms with Gasteiger partial charge in [-0.3, -0.25) is 4.79 Å². The number of methoxy groups -OCH3 is 1. The van der Waals surface area contributed by atoms with E-state index in [4.69, 9.17) is 24.4 Å². The second-order valence-corrected chi connectivity index (χ2v) is 10.8. The molecular weight excluding hydrogens is 472 g/mol. The summed E-state index contributed by atoms with van der Waals surface area (Å²) < 4.78 is 16.8. The highest BCUT2D eigenvalue weighted by Gasteiger charge is 2.30. The molecule has 7 heteroatoms. The van der Waals surface area contributed by atoms with Crippen LogP contribution < -0.4 is 0 Å². The number of unbranched alkanes of at least 4 members (excludes halogenated alkanes) is 2. The number of esters is 1. The number of aliphatic hydroxyl groups excluding tert-OH is 2. The fraction of sp³-hybridized carbons (Fsp3) is 0.800. The smallest absolute Gasteiger partial charge is 0.335 e. The van der Waals surface area contributed by atoms with E-state index in [0.29, 0.717) is 18.8 Å². The number of ether oxygens (including phenoxy) is 3. The largest absolute Gasteiger partial charge is 0.462 e. The molecule has 214 valence electrons. The zero-order valence-corrected chi connectivity index (χ0v) is 23.3. The molecule has 7 nitrogen and oxygen atoms in total. The number of hydrogen-bond donors (Lipinski definition) is 2. The molecule has 0 spiro atoms. The van der Waals surface area contributed by atoms with Crippen molar-refractivity contribution in [3.8, 4) is 0 Å². The van der Waals surface area contributed by atoms with Crippen molar-refractivity contribution >= 4 is 12.3 Å². The zero-order valence-electron chi connectivity index (χ0n) is 23.3. The van der Waals surface area contributed by atoms with Gasteiger partial charge in [0.05, 0.1) is 38.1 Å². The molecule has 0 bridgehead atoms. The van der Waals surface area contributed by atoms with E-state index < -0.39 is 5.97 Å². The van der Waals surface area contributed by atoms with Gasteiger partial charge in [0.15, 0.2) is 0 Å². The van der Waals surface area contributed by atoms with Crippen LogP contribution in [-0.2, 0) is 23.8 Å². The first kappa shape index (κ1) is 33.5. The number of rotatable bonds is 16. The van der Waals surface area contributed by atoms with Crippen LogP contribution in [0.3, 0.4) is 0 Å². The van der Waals surface area contributed by atoms with Crippen LogP contribution >= 0.6 is 0 Å². The molecule has 2 N–H and O–H groups in total. The average Bonchev–Trinajstić information content (AvgIpc) is 2.94. The minimum Gasteiger partial charge on any atom is -0.462 e. The molecule has 0 aromatic rings. The van der Waals surface area contributed by atoms with Gasteiger partial charge in [0.25, 0.3) is 0 Å². The summed E-state index contributed by atoms with van der Waals surface area (Å²) in [7, 11) is 1.66. The maximum Gasteiger partial charge on any atom is 0.335 e. The van der Waals surface area contributed by atoms with E-state index in [9.17, 15) is 9.59 Å². The Kier molecular flexibility index (Phi) is 18.5. The maximum atomic E-state index is 11.8. The molecule has 2 aliphatic rings. The van der Waals surface area contributed by atoms with Crippen LogP contribution in [0, 0.1) is 23.7 Å². The van der Waals surface area contributed by atoms with Gasteiger partial charge in [0.1, 0.15) is 6.29 Å². The van der Waals surface area contributed by atoms with Crippen molar-refractivity contribution in [3.63, 3.8) is 0 Å². The summed E-state index contributed by atoms with van der Waals surface area (Å²) in [5.74, 6) is 2.03. The summed E-state index contributed by atoms with van der Waals surface area (Å²) >= 11 is 0. The number of carbonyl (C=O) groups excluding carboxylic acids is 2. The highest BCUT2D eigenvalue weighted by Crippen LogP contribution is 2.36. The quantitative estimate of drug-likeness (QED) is 0.126. The highest BCUT2D eigenvalue weighted by atomic mass is 16.5. The van der Waals surface area contributed by atoms with Crippen molar-refractivity contribution in [2.24, 2.45) is 23.7 Å². The van der Waals surface area contributed by atoms with Gasteiger partial charge in [0.2, 0.25) is 0 Å². The van der Waals surface area contributed by atoms with E-state index in [0.717, 1.165) is 24.9 Å². The third-order valence-corrected chi connectivity index (χ3v) is 7.76. The van der Waals surface area contributed by atoms with E-state index in [1.165, 1.54) is 70.6 Å². The van der Waals surface area contributed by atoms with E-state index in [1.807, 2.05) is 0 Å². The lowest BCUT2D eigenvalue weighted by Gasteiger charge is -2.35. The Labute approximate surface area is 224 Å².